The van der Waals surface area contributed by atoms with Crippen molar-refractivity contribution < 1.29 is 10.2 Å². The molecule has 0 heterocycles. The number of hydrogen-bond acceptors (Lipinski definition) is 2. The average molecular weight is 146 g/mol. The summed E-state index contributed by atoms with van der Waals surface area (Å²) < 4.78 is 0. The topological polar surface area (TPSA) is 40.5 Å². The maximum Gasteiger partial charge on any atom is 0.156 e. The molecule has 1 atom stereocenters. The highest BCUT2D eigenvalue weighted by Gasteiger charge is 2.31. The van der Waals surface area contributed by atoms with E-state index >= 15 is 0 Å². The SMILES string of the molecule is CCC(C)C(C)(C)C(O)O. The van der Waals surface area contributed by atoms with Gasteiger partial charge in [-0.3, -0.25) is 0 Å². The zero-order chi connectivity index (χ0) is 8.36. The average Bonchev–Trinajstić information content (AvgIpc) is 1.86. The molecule has 10 heavy (non-hydrogen) atoms. The van der Waals surface area contributed by atoms with Crippen LogP contribution < -0.4 is 0 Å². The van der Waals surface area contributed by atoms with Crippen molar-refractivity contribution in [1.29, 1.82) is 0 Å². The van der Waals surface area contributed by atoms with E-state index in [-0.39, 0.29) is 5.41 Å². The molecule has 62 valence electrons. The molecule has 0 aliphatic heterocycles. The van der Waals surface area contributed by atoms with E-state index in [2.05, 4.69) is 6.92 Å². The van der Waals surface area contributed by atoms with Crippen LogP contribution in [0.15, 0.2) is 0 Å². The van der Waals surface area contributed by atoms with E-state index in [1.165, 1.54) is 0 Å². The van der Waals surface area contributed by atoms with Crippen LogP contribution in [0.4, 0.5) is 0 Å². The Hall–Kier alpha value is -0.0800. The highest BCUT2D eigenvalue weighted by molar-refractivity contribution is 4.75. The van der Waals surface area contributed by atoms with Crippen molar-refractivity contribution in [3.05, 3.63) is 0 Å². The predicted octanol–water partition coefficient (Wildman–Crippen LogP) is 1.37. The highest BCUT2D eigenvalue weighted by atomic mass is 16.5. The van der Waals surface area contributed by atoms with Gasteiger partial charge in [-0.25, -0.2) is 0 Å². The fourth-order valence-corrected chi connectivity index (χ4v) is 0.781. The van der Waals surface area contributed by atoms with Crippen molar-refractivity contribution in [2.24, 2.45) is 11.3 Å². The Morgan fingerprint density at radius 3 is 1.80 bits per heavy atom. The van der Waals surface area contributed by atoms with E-state index in [4.69, 9.17) is 10.2 Å². The first-order valence-corrected chi connectivity index (χ1v) is 3.79. The minimum atomic E-state index is -1.21. The Kier molecular flexibility index (Phi) is 3.33. The smallest absolute Gasteiger partial charge is 0.156 e. The van der Waals surface area contributed by atoms with Gasteiger partial charge in [-0.2, -0.15) is 0 Å². The molecular weight excluding hydrogens is 128 g/mol. The molecule has 0 fully saturated rings. The van der Waals surface area contributed by atoms with E-state index in [9.17, 15) is 0 Å². The van der Waals surface area contributed by atoms with Gasteiger partial charge in [-0.1, -0.05) is 34.1 Å². The maximum absolute atomic E-state index is 8.94. The fraction of sp³-hybridized carbons (Fsp3) is 1.00. The second kappa shape index (κ2) is 3.35. The number of hydrogen-bond donors (Lipinski definition) is 2. The van der Waals surface area contributed by atoms with Crippen LogP contribution in [-0.4, -0.2) is 16.5 Å². The van der Waals surface area contributed by atoms with Gasteiger partial charge in [0.2, 0.25) is 0 Å². The van der Waals surface area contributed by atoms with Gasteiger partial charge < -0.3 is 10.2 Å². The molecule has 0 aliphatic rings. The lowest BCUT2D eigenvalue weighted by Gasteiger charge is -2.32. The normalized spacial score (nSPS) is 15.9. The summed E-state index contributed by atoms with van der Waals surface area (Å²) in [6.45, 7) is 7.81. The van der Waals surface area contributed by atoms with Crippen LogP contribution in [0.25, 0.3) is 0 Å². The van der Waals surface area contributed by atoms with Crippen molar-refractivity contribution in [2.45, 2.75) is 40.4 Å². The summed E-state index contributed by atoms with van der Waals surface area (Å²) in [6, 6.07) is 0. The molecule has 1 unspecified atom stereocenters. The molecule has 2 heteroatoms. The summed E-state index contributed by atoms with van der Waals surface area (Å²) in [5.74, 6) is 0.340. The molecule has 0 bridgehead atoms. The molecule has 0 rings (SSSR count). The first-order chi connectivity index (χ1) is 4.42. The van der Waals surface area contributed by atoms with Gasteiger partial charge in [-0.15, -0.1) is 0 Å². The second-order valence-corrected chi connectivity index (χ2v) is 3.50. The summed E-state index contributed by atoms with van der Waals surface area (Å²) in [5, 5.41) is 17.9. The molecule has 0 aromatic carbocycles. The molecule has 0 aliphatic carbocycles. The van der Waals surface area contributed by atoms with Crippen LogP contribution in [-0.2, 0) is 0 Å². The number of rotatable bonds is 3. The Bertz CT molecular complexity index is 97.4. The molecule has 2 N–H and O–H groups in total. The molecule has 0 saturated heterocycles. The van der Waals surface area contributed by atoms with Gasteiger partial charge in [0.15, 0.2) is 6.29 Å². The fourth-order valence-electron chi connectivity index (χ4n) is 0.781. The van der Waals surface area contributed by atoms with Crippen LogP contribution in [0.3, 0.4) is 0 Å². The van der Waals surface area contributed by atoms with E-state index in [0.717, 1.165) is 6.42 Å². The molecule has 0 spiro atoms. The first kappa shape index (κ1) is 9.92. The molecule has 0 aromatic heterocycles. The summed E-state index contributed by atoms with van der Waals surface area (Å²) in [6.07, 6.45) is -0.229. The van der Waals surface area contributed by atoms with Gasteiger partial charge in [0.25, 0.3) is 0 Å². The molecule has 0 saturated carbocycles. The standard InChI is InChI=1S/C8H18O2/c1-5-6(2)8(3,4)7(9)10/h6-7,9-10H,5H2,1-4H3. The molecular formula is C8H18O2. The third-order valence-electron chi connectivity index (χ3n) is 2.55. The minimum Gasteiger partial charge on any atom is -0.368 e. The van der Waals surface area contributed by atoms with E-state index in [1.54, 1.807) is 0 Å². The molecule has 0 radical (unpaired) electrons. The lowest BCUT2D eigenvalue weighted by atomic mass is 9.78. The van der Waals surface area contributed by atoms with Crippen molar-refractivity contribution in [1.82, 2.24) is 0 Å². The third kappa shape index (κ3) is 1.96. The number of aliphatic hydroxyl groups is 2. The largest absolute Gasteiger partial charge is 0.368 e. The monoisotopic (exact) mass is 146 g/mol. The van der Waals surface area contributed by atoms with Crippen molar-refractivity contribution in [3.63, 3.8) is 0 Å². The molecule has 0 aromatic rings. The highest BCUT2D eigenvalue weighted by Crippen LogP contribution is 2.31. The predicted molar refractivity (Wildman–Crippen MR) is 41.5 cm³/mol. The quantitative estimate of drug-likeness (QED) is 0.590. The third-order valence-corrected chi connectivity index (χ3v) is 2.55. The zero-order valence-corrected chi connectivity index (χ0v) is 7.26. The van der Waals surface area contributed by atoms with E-state index in [0.29, 0.717) is 5.92 Å². The molecule has 2 nitrogen and oxygen atoms in total. The van der Waals surface area contributed by atoms with Crippen molar-refractivity contribution in [2.75, 3.05) is 0 Å². The van der Waals surface area contributed by atoms with Crippen LogP contribution >= 0.6 is 0 Å². The minimum absolute atomic E-state index is 0.340. The first-order valence-electron chi connectivity index (χ1n) is 3.79. The summed E-state index contributed by atoms with van der Waals surface area (Å²) in [4.78, 5) is 0. The summed E-state index contributed by atoms with van der Waals surface area (Å²) in [5.41, 5.74) is -0.380. The Labute approximate surface area is 62.9 Å². The maximum atomic E-state index is 8.94. The van der Waals surface area contributed by atoms with Crippen LogP contribution in [0.1, 0.15) is 34.1 Å². The lowest BCUT2D eigenvalue weighted by Crippen LogP contribution is -2.34. The van der Waals surface area contributed by atoms with Crippen LogP contribution in [0.2, 0.25) is 0 Å². The van der Waals surface area contributed by atoms with Gasteiger partial charge in [0.05, 0.1) is 0 Å². The Balaban J connectivity index is 4.09. The molecule has 0 amide bonds. The summed E-state index contributed by atoms with van der Waals surface area (Å²) in [7, 11) is 0. The second-order valence-electron chi connectivity index (χ2n) is 3.50. The zero-order valence-electron chi connectivity index (χ0n) is 7.26. The van der Waals surface area contributed by atoms with Crippen molar-refractivity contribution in [3.8, 4) is 0 Å². The van der Waals surface area contributed by atoms with Gasteiger partial charge >= 0.3 is 0 Å². The Morgan fingerprint density at radius 2 is 1.70 bits per heavy atom. The number of aliphatic hydroxyl groups excluding tert-OH is 1. The van der Waals surface area contributed by atoms with E-state index < -0.39 is 6.29 Å². The van der Waals surface area contributed by atoms with E-state index in [1.807, 2.05) is 20.8 Å². The Morgan fingerprint density at radius 1 is 1.30 bits per heavy atom. The van der Waals surface area contributed by atoms with Gasteiger partial charge in [-0.05, 0) is 5.92 Å². The lowest BCUT2D eigenvalue weighted by molar-refractivity contribution is -0.140. The summed E-state index contributed by atoms with van der Waals surface area (Å²) >= 11 is 0. The van der Waals surface area contributed by atoms with Crippen LogP contribution in [0.5, 0.6) is 0 Å². The van der Waals surface area contributed by atoms with Crippen LogP contribution in [0, 0.1) is 11.3 Å². The van der Waals surface area contributed by atoms with Crippen molar-refractivity contribution >= 4 is 0 Å². The van der Waals surface area contributed by atoms with Gasteiger partial charge in [0.1, 0.15) is 0 Å². The van der Waals surface area contributed by atoms with Gasteiger partial charge in [0, 0.05) is 5.41 Å².